The van der Waals surface area contributed by atoms with Gasteiger partial charge in [-0.25, -0.2) is 0 Å². The standard InChI is InChI=1S/C6H7N3/c1-2-7-3-5-4-8-9-6(1)5/h3-4H,1-2H2,(H,8,9). The van der Waals surface area contributed by atoms with Crippen LogP contribution in [0.1, 0.15) is 11.3 Å². The lowest BCUT2D eigenvalue weighted by molar-refractivity contribution is 0.892. The summed E-state index contributed by atoms with van der Waals surface area (Å²) < 4.78 is 0. The first-order valence-electron chi connectivity index (χ1n) is 2.99. The molecule has 0 fully saturated rings. The Bertz CT molecular complexity index is 236. The van der Waals surface area contributed by atoms with E-state index < -0.39 is 0 Å². The molecule has 2 rings (SSSR count). The zero-order valence-corrected chi connectivity index (χ0v) is 4.96. The van der Waals surface area contributed by atoms with E-state index in [1.165, 1.54) is 5.69 Å². The van der Waals surface area contributed by atoms with Gasteiger partial charge in [0.2, 0.25) is 0 Å². The lowest BCUT2D eigenvalue weighted by atomic mass is 10.2. The van der Waals surface area contributed by atoms with Crippen LogP contribution in [0.4, 0.5) is 0 Å². The highest BCUT2D eigenvalue weighted by molar-refractivity contribution is 5.81. The van der Waals surface area contributed by atoms with E-state index in [1.54, 1.807) is 6.20 Å². The quantitative estimate of drug-likeness (QED) is 0.529. The van der Waals surface area contributed by atoms with Crippen LogP contribution in [0.5, 0.6) is 0 Å². The molecule has 1 aliphatic rings. The summed E-state index contributed by atoms with van der Waals surface area (Å²) in [5, 5.41) is 6.80. The summed E-state index contributed by atoms with van der Waals surface area (Å²) >= 11 is 0. The molecule has 3 nitrogen and oxygen atoms in total. The monoisotopic (exact) mass is 121 g/mol. The van der Waals surface area contributed by atoms with Gasteiger partial charge in [-0.3, -0.25) is 10.1 Å². The van der Waals surface area contributed by atoms with E-state index in [2.05, 4.69) is 15.2 Å². The van der Waals surface area contributed by atoms with Gasteiger partial charge in [0.25, 0.3) is 0 Å². The maximum absolute atomic E-state index is 4.11. The molecular weight excluding hydrogens is 114 g/mol. The van der Waals surface area contributed by atoms with Gasteiger partial charge in [0, 0.05) is 30.4 Å². The highest BCUT2D eigenvalue weighted by atomic mass is 15.1. The lowest BCUT2D eigenvalue weighted by Crippen LogP contribution is -2.00. The predicted molar refractivity (Wildman–Crippen MR) is 34.8 cm³/mol. The van der Waals surface area contributed by atoms with Crippen molar-refractivity contribution in [3.63, 3.8) is 0 Å². The Morgan fingerprint density at radius 1 is 1.56 bits per heavy atom. The second-order valence-electron chi connectivity index (χ2n) is 2.09. The van der Waals surface area contributed by atoms with Crippen LogP contribution in [-0.4, -0.2) is 23.0 Å². The van der Waals surface area contributed by atoms with Crippen LogP contribution in [0.15, 0.2) is 11.2 Å². The fraction of sp³-hybridized carbons (Fsp3) is 0.333. The number of aromatic nitrogens is 2. The van der Waals surface area contributed by atoms with Crippen LogP contribution >= 0.6 is 0 Å². The van der Waals surface area contributed by atoms with E-state index in [4.69, 9.17) is 0 Å². The molecule has 9 heavy (non-hydrogen) atoms. The fourth-order valence-electron chi connectivity index (χ4n) is 0.973. The number of H-pyrrole nitrogens is 1. The summed E-state index contributed by atoms with van der Waals surface area (Å²) in [6, 6.07) is 0. The molecule has 0 aliphatic carbocycles. The highest BCUT2D eigenvalue weighted by Crippen LogP contribution is 2.06. The Labute approximate surface area is 52.8 Å². The summed E-state index contributed by atoms with van der Waals surface area (Å²) in [5.74, 6) is 0. The van der Waals surface area contributed by atoms with Crippen molar-refractivity contribution in [3.05, 3.63) is 17.5 Å². The molecule has 0 bridgehead atoms. The molecule has 0 saturated carbocycles. The van der Waals surface area contributed by atoms with Crippen molar-refractivity contribution in [1.29, 1.82) is 0 Å². The molecule has 0 saturated heterocycles. The van der Waals surface area contributed by atoms with Crippen molar-refractivity contribution in [2.24, 2.45) is 4.99 Å². The number of hydrogen-bond donors (Lipinski definition) is 1. The first-order valence-corrected chi connectivity index (χ1v) is 2.99. The smallest absolute Gasteiger partial charge is 0.0578 e. The van der Waals surface area contributed by atoms with Crippen LogP contribution in [-0.2, 0) is 6.42 Å². The molecule has 0 aromatic carbocycles. The summed E-state index contributed by atoms with van der Waals surface area (Å²) in [4.78, 5) is 4.11. The first kappa shape index (κ1) is 4.73. The number of nitrogens with one attached hydrogen (secondary N) is 1. The zero-order valence-electron chi connectivity index (χ0n) is 4.96. The highest BCUT2D eigenvalue weighted by Gasteiger charge is 2.04. The van der Waals surface area contributed by atoms with E-state index in [0.717, 1.165) is 18.5 Å². The van der Waals surface area contributed by atoms with E-state index in [-0.39, 0.29) is 0 Å². The molecule has 1 N–H and O–H groups in total. The molecule has 0 radical (unpaired) electrons. The van der Waals surface area contributed by atoms with Gasteiger partial charge in [-0.05, 0) is 0 Å². The van der Waals surface area contributed by atoms with Gasteiger partial charge in [0.1, 0.15) is 0 Å². The summed E-state index contributed by atoms with van der Waals surface area (Å²) in [6.45, 7) is 0.898. The Hall–Kier alpha value is -1.12. The van der Waals surface area contributed by atoms with E-state index in [1.807, 2.05) is 6.21 Å². The second kappa shape index (κ2) is 1.69. The van der Waals surface area contributed by atoms with Crippen LogP contribution in [0.3, 0.4) is 0 Å². The maximum Gasteiger partial charge on any atom is 0.0578 e. The Morgan fingerprint density at radius 3 is 3.44 bits per heavy atom. The molecule has 3 heteroatoms. The minimum absolute atomic E-state index is 0.898. The number of fused-ring (bicyclic) bond motifs is 1. The largest absolute Gasteiger partial charge is 0.292 e. The first-order chi connectivity index (χ1) is 4.47. The number of nitrogens with zero attached hydrogens (tertiary/aromatic N) is 2. The molecule has 0 spiro atoms. The molecule has 46 valence electrons. The minimum atomic E-state index is 0.898. The third-order valence-corrected chi connectivity index (χ3v) is 1.47. The number of aliphatic imine (C=N–C) groups is 1. The van der Waals surface area contributed by atoms with Crippen LogP contribution in [0.25, 0.3) is 0 Å². The molecule has 0 unspecified atom stereocenters. The number of hydrogen-bond acceptors (Lipinski definition) is 2. The third kappa shape index (κ3) is 0.650. The van der Waals surface area contributed by atoms with E-state index >= 15 is 0 Å². The molecule has 2 heterocycles. The SMILES string of the molecule is C1=NCCc2[nH]ncc21. The molecule has 0 atom stereocenters. The predicted octanol–water partition coefficient (Wildman–Crippen LogP) is 0.385. The van der Waals surface area contributed by atoms with Crippen molar-refractivity contribution in [3.8, 4) is 0 Å². The summed E-state index contributed by atoms with van der Waals surface area (Å²) in [6.07, 6.45) is 4.67. The van der Waals surface area contributed by atoms with Crippen molar-refractivity contribution in [2.75, 3.05) is 6.54 Å². The van der Waals surface area contributed by atoms with Crippen molar-refractivity contribution in [2.45, 2.75) is 6.42 Å². The van der Waals surface area contributed by atoms with E-state index in [0.29, 0.717) is 0 Å². The average Bonchev–Trinajstić information content (AvgIpc) is 2.33. The Balaban J connectivity index is 2.53. The lowest BCUT2D eigenvalue weighted by Gasteiger charge is -2.00. The topological polar surface area (TPSA) is 41.0 Å². The molecule has 1 aromatic rings. The van der Waals surface area contributed by atoms with Gasteiger partial charge in [-0.1, -0.05) is 0 Å². The van der Waals surface area contributed by atoms with Gasteiger partial charge in [-0.2, -0.15) is 5.10 Å². The van der Waals surface area contributed by atoms with E-state index in [9.17, 15) is 0 Å². The van der Waals surface area contributed by atoms with Gasteiger partial charge in [0.05, 0.1) is 6.20 Å². The Kier molecular flexibility index (Phi) is 0.886. The molecule has 1 aromatic heterocycles. The molecule has 0 amide bonds. The van der Waals surface area contributed by atoms with Gasteiger partial charge in [0.15, 0.2) is 0 Å². The van der Waals surface area contributed by atoms with Crippen LogP contribution < -0.4 is 0 Å². The van der Waals surface area contributed by atoms with Crippen molar-refractivity contribution in [1.82, 2.24) is 10.2 Å². The summed E-state index contributed by atoms with van der Waals surface area (Å²) in [5.41, 5.74) is 2.35. The summed E-state index contributed by atoms with van der Waals surface area (Å²) in [7, 11) is 0. The van der Waals surface area contributed by atoms with Crippen LogP contribution in [0, 0.1) is 0 Å². The van der Waals surface area contributed by atoms with Gasteiger partial charge < -0.3 is 0 Å². The Morgan fingerprint density at radius 2 is 2.56 bits per heavy atom. The molecule has 1 aliphatic heterocycles. The van der Waals surface area contributed by atoms with Crippen molar-refractivity contribution >= 4 is 6.21 Å². The number of rotatable bonds is 0. The number of aromatic amines is 1. The fourth-order valence-corrected chi connectivity index (χ4v) is 0.973. The second-order valence-corrected chi connectivity index (χ2v) is 2.09. The van der Waals surface area contributed by atoms with Gasteiger partial charge in [-0.15, -0.1) is 0 Å². The minimum Gasteiger partial charge on any atom is -0.292 e. The third-order valence-electron chi connectivity index (χ3n) is 1.47. The average molecular weight is 121 g/mol. The zero-order chi connectivity index (χ0) is 6.10. The normalized spacial score (nSPS) is 15.6. The maximum atomic E-state index is 4.11. The van der Waals surface area contributed by atoms with Crippen molar-refractivity contribution < 1.29 is 0 Å². The molecular formula is C6H7N3. The van der Waals surface area contributed by atoms with Gasteiger partial charge >= 0.3 is 0 Å². The van der Waals surface area contributed by atoms with Crippen LogP contribution in [0.2, 0.25) is 0 Å².